The molecule has 3 amide bonds. The van der Waals surface area contributed by atoms with Crippen LogP contribution in [0.3, 0.4) is 0 Å². The molecule has 0 saturated heterocycles. The minimum atomic E-state index is -0.516. The Morgan fingerprint density at radius 3 is 2.61 bits per heavy atom. The summed E-state index contributed by atoms with van der Waals surface area (Å²) in [6, 6.07) is 9.52. The molecular weight excluding hydrogens is 386 g/mol. The van der Waals surface area contributed by atoms with Crippen molar-refractivity contribution in [2.75, 3.05) is 25.1 Å². The predicted molar refractivity (Wildman–Crippen MR) is 103 cm³/mol. The van der Waals surface area contributed by atoms with Crippen LogP contribution < -0.4 is 25.8 Å². The normalized spacial score (nSPS) is 12.2. The molecule has 0 saturated carbocycles. The maximum absolute atomic E-state index is 12.7. The zero-order valence-electron chi connectivity index (χ0n) is 14.8. The summed E-state index contributed by atoms with van der Waals surface area (Å²) in [4.78, 5) is 35.8. The molecule has 0 atom stereocenters. The number of carbonyl (C=O) groups is 3. The van der Waals surface area contributed by atoms with Crippen molar-refractivity contribution < 1.29 is 23.9 Å². The molecule has 0 unspecified atom stereocenters. The molecule has 1 aliphatic rings. The number of nitrogens with one attached hydrogen (secondary N) is 2. The highest BCUT2D eigenvalue weighted by atomic mass is 35.5. The molecule has 146 valence electrons. The average Bonchev–Trinajstić information content (AvgIpc) is 2.68. The van der Waals surface area contributed by atoms with E-state index in [9.17, 15) is 14.4 Å². The number of carbonyl (C=O) groups excluding carboxylic acids is 3. The number of anilines is 1. The Bertz CT molecular complexity index is 932. The van der Waals surface area contributed by atoms with Crippen molar-refractivity contribution in [2.24, 2.45) is 5.73 Å². The third-order valence-corrected chi connectivity index (χ3v) is 4.22. The highest BCUT2D eigenvalue weighted by molar-refractivity contribution is 6.32. The molecule has 0 fully saturated rings. The summed E-state index contributed by atoms with van der Waals surface area (Å²) < 4.78 is 10.9. The number of rotatable bonds is 6. The Hall–Kier alpha value is -3.26. The number of benzene rings is 2. The van der Waals surface area contributed by atoms with Crippen LogP contribution >= 0.6 is 11.6 Å². The largest absolute Gasteiger partial charge is 0.486 e. The molecule has 0 aliphatic carbocycles. The van der Waals surface area contributed by atoms with Crippen LogP contribution in [0.1, 0.15) is 27.1 Å². The van der Waals surface area contributed by atoms with Crippen molar-refractivity contribution in [1.82, 2.24) is 5.32 Å². The van der Waals surface area contributed by atoms with Gasteiger partial charge in [-0.2, -0.15) is 0 Å². The maximum atomic E-state index is 12.7. The Morgan fingerprint density at radius 2 is 1.82 bits per heavy atom. The van der Waals surface area contributed by atoms with Crippen molar-refractivity contribution in [3.8, 4) is 11.5 Å². The van der Waals surface area contributed by atoms with Gasteiger partial charge < -0.3 is 25.8 Å². The van der Waals surface area contributed by atoms with E-state index >= 15 is 0 Å². The molecule has 9 heteroatoms. The van der Waals surface area contributed by atoms with Gasteiger partial charge in [-0.1, -0.05) is 23.7 Å². The summed E-state index contributed by atoms with van der Waals surface area (Å²) in [5.41, 5.74) is 5.89. The van der Waals surface area contributed by atoms with Gasteiger partial charge in [0.15, 0.2) is 11.5 Å². The second kappa shape index (κ2) is 8.62. The number of hydrogen-bond acceptors (Lipinski definition) is 5. The average molecular weight is 404 g/mol. The molecule has 0 aromatic heterocycles. The van der Waals surface area contributed by atoms with Gasteiger partial charge in [0.1, 0.15) is 13.2 Å². The second-order valence-corrected chi connectivity index (χ2v) is 6.36. The predicted octanol–water partition coefficient (Wildman–Crippen LogP) is 1.97. The number of para-hydroxylation sites is 1. The monoisotopic (exact) mass is 403 g/mol. The summed E-state index contributed by atoms with van der Waals surface area (Å²) >= 11 is 6.17. The number of hydrogen-bond donors (Lipinski definition) is 3. The standard InChI is InChI=1S/C19H18ClN3O5/c20-13-9-11(10-15-17(13)28-8-7-27-15)18(25)23-14-4-2-1-3-12(14)19(26)22-6-5-16(21)24/h1-4,9-10H,5-8H2,(H2,21,24)(H,22,26)(H,23,25). The smallest absolute Gasteiger partial charge is 0.255 e. The first-order valence-corrected chi connectivity index (χ1v) is 8.89. The first kappa shape index (κ1) is 19.5. The highest BCUT2D eigenvalue weighted by Gasteiger charge is 2.20. The van der Waals surface area contributed by atoms with E-state index in [1.807, 2.05) is 0 Å². The first-order chi connectivity index (χ1) is 13.5. The highest BCUT2D eigenvalue weighted by Crippen LogP contribution is 2.38. The Morgan fingerprint density at radius 1 is 1.07 bits per heavy atom. The van der Waals surface area contributed by atoms with Crippen LogP contribution in [0.2, 0.25) is 5.02 Å². The molecular formula is C19H18ClN3O5. The van der Waals surface area contributed by atoms with Crippen molar-refractivity contribution in [3.63, 3.8) is 0 Å². The summed E-state index contributed by atoms with van der Waals surface area (Å²) in [6.07, 6.45) is 0.0238. The maximum Gasteiger partial charge on any atom is 0.255 e. The van der Waals surface area contributed by atoms with E-state index in [-0.39, 0.29) is 29.1 Å². The fourth-order valence-electron chi connectivity index (χ4n) is 2.62. The van der Waals surface area contributed by atoms with E-state index in [0.29, 0.717) is 30.4 Å². The molecule has 2 aromatic carbocycles. The lowest BCUT2D eigenvalue weighted by Gasteiger charge is -2.20. The molecule has 0 radical (unpaired) electrons. The van der Waals surface area contributed by atoms with Gasteiger partial charge in [-0.05, 0) is 24.3 Å². The molecule has 0 bridgehead atoms. The van der Waals surface area contributed by atoms with E-state index in [1.165, 1.54) is 12.1 Å². The Kier molecular flexibility index (Phi) is 6.00. The van der Waals surface area contributed by atoms with Crippen LogP contribution in [0.4, 0.5) is 5.69 Å². The van der Waals surface area contributed by atoms with Crippen molar-refractivity contribution >= 4 is 35.0 Å². The van der Waals surface area contributed by atoms with Crippen molar-refractivity contribution in [3.05, 3.63) is 52.5 Å². The Labute approximate surface area is 165 Å². The molecule has 28 heavy (non-hydrogen) atoms. The molecule has 0 spiro atoms. The quantitative estimate of drug-likeness (QED) is 0.681. The zero-order chi connectivity index (χ0) is 20.1. The van der Waals surface area contributed by atoms with Gasteiger partial charge in [0.05, 0.1) is 16.3 Å². The van der Waals surface area contributed by atoms with Crippen molar-refractivity contribution in [2.45, 2.75) is 6.42 Å². The number of amides is 3. The number of nitrogens with two attached hydrogens (primary N) is 1. The Balaban J connectivity index is 1.77. The van der Waals surface area contributed by atoms with Gasteiger partial charge in [0.25, 0.3) is 11.8 Å². The van der Waals surface area contributed by atoms with E-state index in [0.717, 1.165) is 0 Å². The fourth-order valence-corrected chi connectivity index (χ4v) is 2.89. The molecule has 8 nitrogen and oxygen atoms in total. The summed E-state index contributed by atoms with van der Waals surface area (Å²) in [7, 11) is 0. The second-order valence-electron chi connectivity index (χ2n) is 5.95. The SMILES string of the molecule is NC(=O)CCNC(=O)c1ccccc1NC(=O)c1cc(Cl)c2c(c1)OCCO2. The van der Waals surface area contributed by atoms with E-state index in [1.54, 1.807) is 24.3 Å². The molecule has 3 rings (SSSR count). The lowest BCUT2D eigenvalue weighted by Crippen LogP contribution is -2.28. The third-order valence-electron chi connectivity index (χ3n) is 3.94. The van der Waals surface area contributed by atoms with Gasteiger partial charge in [-0.25, -0.2) is 0 Å². The lowest BCUT2D eigenvalue weighted by atomic mass is 10.1. The van der Waals surface area contributed by atoms with Crippen molar-refractivity contribution in [1.29, 1.82) is 0 Å². The zero-order valence-corrected chi connectivity index (χ0v) is 15.5. The minimum Gasteiger partial charge on any atom is -0.486 e. The summed E-state index contributed by atoms with van der Waals surface area (Å²) in [6.45, 7) is 0.855. The topological polar surface area (TPSA) is 120 Å². The lowest BCUT2D eigenvalue weighted by molar-refractivity contribution is -0.117. The van der Waals surface area contributed by atoms with E-state index < -0.39 is 17.7 Å². The molecule has 1 aliphatic heterocycles. The van der Waals surface area contributed by atoms with Gasteiger partial charge in [0.2, 0.25) is 5.91 Å². The van der Waals surface area contributed by atoms with Crippen LogP contribution in [0, 0.1) is 0 Å². The third kappa shape index (κ3) is 4.52. The summed E-state index contributed by atoms with van der Waals surface area (Å²) in [5, 5.41) is 5.54. The number of primary amides is 1. The first-order valence-electron chi connectivity index (χ1n) is 8.51. The number of fused-ring (bicyclic) bond motifs is 1. The van der Waals surface area contributed by atoms with E-state index in [2.05, 4.69) is 10.6 Å². The number of halogens is 1. The van der Waals surface area contributed by atoms with E-state index in [4.69, 9.17) is 26.8 Å². The van der Waals surface area contributed by atoms with Crippen LogP contribution in [0.25, 0.3) is 0 Å². The van der Waals surface area contributed by atoms with Gasteiger partial charge in [0, 0.05) is 18.5 Å². The molecule has 2 aromatic rings. The van der Waals surface area contributed by atoms with Crippen LogP contribution in [0.5, 0.6) is 11.5 Å². The molecule has 1 heterocycles. The van der Waals surface area contributed by atoms with Gasteiger partial charge >= 0.3 is 0 Å². The summed E-state index contributed by atoms with van der Waals surface area (Å²) in [5.74, 6) is -0.619. The van der Waals surface area contributed by atoms with Gasteiger partial charge in [-0.15, -0.1) is 0 Å². The van der Waals surface area contributed by atoms with Gasteiger partial charge in [-0.3, -0.25) is 14.4 Å². The van der Waals surface area contributed by atoms with Crippen LogP contribution in [0.15, 0.2) is 36.4 Å². The minimum absolute atomic E-state index is 0.0238. The van der Waals surface area contributed by atoms with Crippen LogP contribution in [-0.2, 0) is 4.79 Å². The fraction of sp³-hybridized carbons (Fsp3) is 0.211. The van der Waals surface area contributed by atoms with Crippen LogP contribution in [-0.4, -0.2) is 37.5 Å². The number of ether oxygens (including phenoxy) is 2. The molecule has 4 N–H and O–H groups in total.